The number of carbonyl (C=O) groups excluding carboxylic acids is 2. The molecule has 1 heterocycles. The molecule has 1 unspecified atom stereocenters. The van der Waals surface area contributed by atoms with Crippen LogP contribution in [0.5, 0.6) is 0 Å². The van der Waals surface area contributed by atoms with E-state index in [0.29, 0.717) is 28.7 Å². The molecule has 0 aliphatic carbocycles. The first-order valence-corrected chi connectivity index (χ1v) is 7.45. The Kier molecular flexibility index (Phi) is 5.26. The van der Waals surface area contributed by atoms with E-state index in [4.69, 9.17) is 28.9 Å². The molecule has 2 rings (SSSR count). The normalized spacial score (nSPS) is 19.0. The van der Waals surface area contributed by atoms with Crippen molar-refractivity contribution in [2.24, 2.45) is 11.7 Å². The fourth-order valence-electron chi connectivity index (χ4n) is 2.34. The van der Waals surface area contributed by atoms with Crippen molar-refractivity contribution < 1.29 is 9.59 Å². The van der Waals surface area contributed by atoms with Gasteiger partial charge in [0.25, 0.3) is 0 Å². The first-order valence-electron chi connectivity index (χ1n) is 6.69. The number of carbonyl (C=O) groups is 2. The number of nitrogens with zero attached hydrogens (tertiary/aromatic N) is 1. The van der Waals surface area contributed by atoms with E-state index in [1.54, 1.807) is 29.2 Å². The number of piperidine rings is 1. The molecule has 4 nitrogen and oxygen atoms in total. The fourth-order valence-corrected chi connectivity index (χ4v) is 2.86. The number of hydrogen-bond acceptors (Lipinski definition) is 2. The van der Waals surface area contributed by atoms with Gasteiger partial charge in [-0.05, 0) is 31.1 Å². The van der Waals surface area contributed by atoms with Gasteiger partial charge in [0, 0.05) is 34.8 Å². The van der Waals surface area contributed by atoms with Crippen molar-refractivity contribution in [2.45, 2.75) is 12.8 Å². The highest BCUT2D eigenvalue weighted by atomic mass is 35.5. The topological polar surface area (TPSA) is 63.4 Å². The summed E-state index contributed by atoms with van der Waals surface area (Å²) in [5, 5.41) is 0.973. The molecule has 0 bridgehead atoms. The number of likely N-dealkylation sites (tertiary alicyclic amines) is 1. The van der Waals surface area contributed by atoms with E-state index >= 15 is 0 Å². The van der Waals surface area contributed by atoms with Gasteiger partial charge in [0.15, 0.2) is 0 Å². The number of nitrogens with two attached hydrogens (primary N) is 1. The maximum atomic E-state index is 12.2. The summed E-state index contributed by atoms with van der Waals surface area (Å²) in [7, 11) is 0. The van der Waals surface area contributed by atoms with Crippen LogP contribution in [0.3, 0.4) is 0 Å². The maximum absolute atomic E-state index is 12.2. The molecule has 0 radical (unpaired) electrons. The van der Waals surface area contributed by atoms with E-state index in [0.717, 1.165) is 12.8 Å². The van der Waals surface area contributed by atoms with E-state index < -0.39 is 0 Å². The van der Waals surface area contributed by atoms with Gasteiger partial charge in [-0.3, -0.25) is 9.59 Å². The molecule has 21 heavy (non-hydrogen) atoms. The smallest absolute Gasteiger partial charge is 0.246 e. The Labute approximate surface area is 133 Å². The Morgan fingerprint density at radius 3 is 2.57 bits per heavy atom. The molecule has 0 saturated carbocycles. The summed E-state index contributed by atoms with van der Waals surface area (Å²) in [5.74, 6) is -0.789. The van der Waals surface area contributed by atoms with Gasteiger partial charge in [-0.15, -0.1) is 0 Å². The van der Waals surface area contributed by atoms with Crippen LogP contribution < -0.4 is 5.73 Å². The second kappa shape index (κ2) is 6.96. The zero-order valence-electron chi connectivity index (χ0n) is 11.4. The highest BCUT2D eigenvalue weighted by molar-refractivity contribution is 6.37. The Balaban J connectivity index is 2.07. The van der Waals surface area contributed by atoms with E-state index in [2.05, 4.69) is 0 Å². The predicted octanol–water partition coefficient (Wildman–Crippen LogP) is 2.73. The van der Waals surface area contributed by atoms with Crippen molar-refractivity contribution in [3.63, 3.8) is 0 Å². The summed E-state index contributed by atoms with van der Waals surface area (Å²) in [4.78, 5) is 25.0. The lowest BCUT2D eigenvalue weighted by atomic mass is 9.97. The van der Waals surface area contributed by atoms with Crippen molar-refractivity contribution in [2.75, 3.05) is 13.1 Å². The molecule has 2 N–H and O–H groups in total. The van der Waals surface area contributed by atoms with Crippen LogP contribution in [0, 0.1) is 5.92 Å². The predicted molar refractivity (Wildman–Crippen MR) is 84.0 cm³/mol. The first kappa shape index (κ1) is 15.9. The standard InChI is InChI=1S/C15H16Cl2N2O2/c16-12-4-1-5-13(17)11(12)6-7-14(20)19-8-2-3-10(9-19)15(18)21/h1,4-7,10H,2-3,8-9H2,(H2,18,21). The van der Waals surface area contributed by atoms with E-state index in [1.807, 2.05) is 0 Å². The molecule has 1 aromatic rings. The molecule has 1 aliphatic rings. The quantitative estimate of drug-likeness (QED) is 0.868. The van der Waals surface area contributed by atoms with E-state index in [9.17, 15) is 9.59 Å². The van der Waals surface area contributed by atoms with Crippen LogP contribution in [0.25, 0.3) is 6.08 Å². The molecule has 2 amide bonds. The van der Waals surface area contributed by atoms with Crippen molar-refractivity contribution in [1.82, 2.24) is 4.90 Å². The summed E-state index contributed by atoms with van der Waals surface area (Å²) in [5.41, 5.74) is 5.91. The van der Waals surface area contributed by atoms with Gasteiger partial charge in [-0.1, -0.05) is 29.3 Å². The first-order chi connectivity index (χ1) is 9.99. The van der Waals surface area contributed by atoms with Crippen LogP contribution >= 0.6 is 23.2 Å². The van der Waals surface area contributed by atoms with Gasteiger partial charge >= 0.3 is 0 Å². The molecule has 1 aliphatic heterocycles. The average Bonchev–Trinajstić information content (AvgIpc) is 2.46. The van der Waals surface area contributed by atoms with Crippen LogP contribution in [0.1, 0.15) is 18.4 Å². The number of rotatable bonds is 3. The van der Waals surface area contributed by atoms with E-state index in [-0.39, 0.29) is 17.7 Å². The Bertz CT molecular complexity index is 567. The minimum atomic E-state index is -0.356. The molecule has 0 spiro atoms. The lowest BCUT2D eigenvalue weighted by Crippen LogP contribution is -2.43. The molecular weight excluding hydrogens is 311 g/mol. The lowest BCUT2D eigenvalue weighted by molar-refractivity contribution is -0.130. The van der Waals surface area contributed by atoms with Crippen LogP contribution in [0.15, 0.2) is 24.3 Å². The van der Waals surface area contributed by atoms with Gasteiger partial charge in [0.05, 0.1) is 5.92 Å². The number of primary amides is 1. The minimum absolute atomic E-state index is 0.170. The summed E-state index contributed by atoms with van der Waals surface area (Å²) in [6.07, 6.45) is 4.54. The molecule has 112 valence electrons. The van der Waals surface area contributed by atoms with Crippen LogP contribution in [-0.2, 0) is 9.59 Å². The molecule has 6 heteroatoms. The third kappa shape index (κ3) is 3.99. The summed E-state index contributed by atoms with van der Waals surface area (Å²) >= 11 is 12.1. The highest BCUT2D eigenvalue weighted by Gasteiger charge is 2.25. The Morgan fingerprint density at radius 2 is 1.95 bits per heavy atom. The fraction of sp³-hybridized carbons (Fsp3) is 0.333. The van der Waals surface area contributed by atoms with Crippen LogP contribution in [0.4, 0.5) is 0 Å². The highest BCUT2D eigenvalue weighted by Crippen LogP contribution is 2.25. The number of benzene rings is 1. The van der Waals surface area contributed by atoms with Crippen molar-refractivity contribution in [1.29, 1.82) is 0 Å². The monoisotopic (exact) mass is 326 g/mol. The third-order valence-corrected chi connectivity index (χ3v) is 4.19. The Morgan fingerprint density at radius 1 is 1.29 bits per heavy atom. The maximum Gasteiger partial charge on any atom is 0.246 e. The molecule has 1 saturated heterocycles. The SMILES string of the molecule is NC(=O)C1CCCN(C(=O)C=Cc2c(Cl)cccc2Cl)C1. The van der Waals surface area contributed by atoms with E-state index in [1.165, 1.54) is 6.08 Å². The van der Waals surface area contributed by atoms with Gasteiger partial charge in [-0.25, -0.2) is 0 Å². The summed E-state index contributed by atoms with van der Waals surface area (Å²) < 4.78 is 0. The largest absolute Gasteiger partial charge is 0.369 e. The molecule has 0 aromatic heterocycles. The zero-order valence-corrected chi connectivity index (χ0v) is 12.9. The van der Waals surface area contributed by atoms with Gasteiger partial charge < -0.3 is 10.6 Å². The van der Waals surface area contributed by atoms with Gasteiger partial charge in [-0.2, -0.15) is 0 Å². The number of halogens is 2. The van der Waals surface area contributed by atoms with Gasteiger partial charge in [0.2, 0.25) is 11.8 Å². The van der Waals surface area contributed by atoms with Crippen LogP contribution in [-0.4, -0.2) is 29.8 Å². The number of amides is 2. The molecule has 1 fully saturated rings. The molecule has 1 aromatic carbocycles. The average molecular weight is 327 g/mol. The summed E-state index contributed by atoms with van der Waals surface area (Å²) in [6.45, 7) is 0.998. The van der Waals surface area contributed by atoms with Crippen molar-refractivity contribution in [3.05, 3.63) is 39.9 Å². The number of hydrogen-bond donors (Lipinski definition) is 1. The van der Waals surface area contributed by atoms with Gasteiger partial charge in [0.1, 0.15) is 0 Å². The molecule has 1 atom stereocenters. The zero-order chi connectivity index (χ0) is 15.4. The molecular formula is C15H16Cl2N2O2. The van der Waals surface area contributed by atoms with Crippen LogP contribution in [0.2, 0.25) is 10.0 Å². The lowest BCUT2D eigenvalue weighted by Gasteiger charge is -2.30. The van der Waals surface area contributed by atoms with Crippen molar-refractivity contribution >= 4 is 41.1 Å². The third-order valence-electron chi connectivity index (χ3n) is 3.53. The second-order valence-corrected chi connectivity index (χ2v) is 5.81. The summed E-state index contributed by atoms with van der Waals surface area (Å²) in [6, 6.07) is 5.16. The second-order valence-electron chi connectivity index (χ2n) is 4.99. The Hall–Kier alpha value is -1.52. The van der Waals surface area contributed by atoms with Crippen molar-refractivity contribution in [3.8, 4) is 0 Å². The minimum Gasteiger partial charge on any atom is -0.369 e.